The van der Waals surface area contributed by atoms with E-state index < -0.39 is 183 Å². The zero-order valence-corrected chi connectivity index (χ0v) is 90.7. The first kappa shape index (κ1) is 111. The van der Waals surface area contributed by atoms with E-state index in [-0.39, 0.29) is 101 Å². The molecule has 3 aromatic rings. The number of hydrogen-bond donors (Lipinski definition) is 2. The average Bonchev–Trinajstić information content (AvgIpc) is 1.58. The molecule has 0 radical (unpaired) electrons. The molecule has 12 unspecified atom stereocenters. The molecule has 6 aliphatic heterocycles. The summed E-state index contributed by atoms with van der Waals surface area (Å²) < 4.78 is 137. The number of esters is 1. The Morgan fingerprint density at radius 3 is 1.42 bits per heavy atom. The van der Waals surface area contributed by atoms with Crippen LogP contribution >= 0.6 is 34.8 Å². The summed E-state index contributed by atoms with van der Waals surface area (Å²) in [5.74, 6) is -4.37. The number of fused-ring (bicyclic) bond motifs is 1. The lowest BCUT2D eigenvalue weighted by atomic mass is 9.88. The van der Waals surface area contributed by atoms with E-state index >= 15 is 9.59 Å². The van der Waals surface area contributed by atoms with Crippen LogP contribution in [0, 0.1) is 40.9 Å². The Hall–Kier alpha value is -2.91. The number of halogens is 3. The SMILES string of the molecule is CC[C@H](C)[C@H](C[C@@H](CC(=O)N[C@@H]1C(C)C(O[C@@H]2OC(C)[C@H](O[C@@H]3OC[C@@H](OCc4ccccc4)C(O[C@@H]4OC[C@@H](OCc5ccccc5)C(OCc5ccccc5)C4C)C3C)C3OC(C)(C)OC32)[C@@H](OC(=N)C(Cl)(Cl)Cl)O[C@@H]1C)O[Si](C)(C)C(C)(C)C)OC(=O)C[C@H](C[C@H](O[C@@H]1OC(CO[Si](C)(C)C(C)(C)C)C(O[Si](C)(C)C(C)(C)C)C1C)[C@@H](C)CC)O[Si](C)(C)C(C)(C)C. The van der Waals surface area contributed by atoms with Crippen molar-refractivity contribution < 1.29 is 103 Å². The minimum Gasteiger partial charge on any atom is -0.462 e. The van der Waals surface area contributed by atoms with Gasteiger partial charge in [-0.05, 0) is 135 Å². The summed E-state index contributed by atoms with van der Waals surface area (Å²) in [6.07, 6.45) is -13.2. The predicted octanol–water partition coefficient (Wildman–Crippen LogP) is 21.9. The molecule has 3 aromatic carbocycles. The van der Waals surface area contributed by atoms with Crippen LogP contribution in [0.1, 0.15) is 221 Å². The summed E-state index contributed by atoms with van der Waals surface area (Å²) in [7, 11) is -9.76. The lowest BCUT2D eigenvalue weighted by Gasteiger charge is -2.49. The summed E-state index contributed by atoms with van der Waals surface area (Å²) in [5.41, 5.74) is 3.05. The van der Waals surface area contributed by atoms with Crippen LogP contribution in [-0.2, 0) is 123 Å². The molecule has 28 atom stereocenters. The van der Waals surface area contributed by atoms with Crippen LogP contribution in [0.4, 0.5) is 0 Å². The molecule has 0 aliphatic carbocycles. The summed E-state index contributed by atoms with van der Waals surface area (Å²) >= 11 is 19.1. The lowest BCUT2D eigenvalue weighted by Crippen LogP contribution is -2.64. The predicted molar refractivity (Wildman–Crippen MR) is 519 cm³/mol. The molecule has 0 bridgehead atoms. The van der Waals surface area contributed by atoms with Gasteiger partial charge in [-0.15, -0.1) is 0 Å². The van der Waals surface area contributed by atoms with Gasteiger partial charge in [-0.25, -0.2) is 0 Å². The van der Waals surface area contributed by atoms with Crippen LogP contribution in [0.5, 0.6) is 0 Å². The molecule has 6 heterocycles. The first-order valence-electron chi connectivity index (χ1n) is 47.9. The molecule has 1 amide bonds. The Balaban J connectivity index is 0.934. The number of rotatable bonds is 41. The van der Waals surface area contributed by atoms with E-state index in [1.54, 1.807) is 6.92 Å². The molecule has 9 rings (SSSR count). The van der Waals surface area contributed by atoms with E-state index in [4.69, 9.17) is 134 Å². The van der Waals surface area contributed by atoms with E-state index in [1.807, 2.05) is 126 Å². The van der Waals surface area contributed by atoms with Crippen molar-refractivity contribution in [1.29, 1.82) is 5.41 Å². The zero-order chi connectivity index (χ0) is 96.6. The first-order valence-corrected chi connectivity index (χ1v) is 60.6. The van der Waals surface area contributed by atoms with Crippen LogP contribution in [0.3, 0.4) is 0 Å². The minimum atomic E-state index is -2.68. The second kappa shape index (κ2) is 46.0. The third kappa shape index (κ3) is 29.6. The Kier molecular flexibility index (Phi) is 39.2. The van der Waals surface area contributed by atoms with Gasteiger partial charge in [0.05, 0.1) is 107 Å². The van der Waals surface area contributed by atoms with Gasteiger partial charge in [0.25, 0.3) is 3.79 Å². The maximum atomic E-state index is 15.4. The summed E-state index contributed by atoms with van der Waals surface area (Å²) in [6, 6.07) is 29.3. The standard InChI is InChI=1S/C99H165Cl3N2O22Si4/c1-33-60(3)73(115-79(106)53-72(125-129(29,30)96(17,18)19)51-74(61(4)34-2)116-90-65(8)83(126-130(31,32)97(20,21)22)77(117-90)59-112-127(25,26)94(11,12)13)50-71(124-128(27,28)95(14,15)16)52-78(105)104-80-62(5)84(91(113-66(80)9)121-93(103)99(100,101)102)119-92-87-86(122-98(23,24)123-87)85(67(10)114-92)120-89-64(7)82(76(58-111-89)108-55-69-46-40-36-41-47-69)118-88-63(6)81(109-56-70-48-42-37-43-49-70)75(57-110-88)107-54-68-44-38-35-39-45-68/h35-49,60-67,71-77,80-92,103H,33-34,50-59H2,1-32H3,(H,104,105)/t60-,61-,62?,63?,64?,65?,66+,67?,71-,72-,73-,74-,75+,76+,77?,80+,81?,82?,83?,84?,85-,86?,87?,88-,89-,90+,91+,92-/m0/s1. The number of nitrogens with one attached hydrogen (secondary N) is 2. The number of alkyl halides is 3. The number of carbonyl (C=O) groups excluding carboxylic acids is 2. The van der Waals surface area contributed by atoms with E-state index in [2.05, 4.69) is 182 Å². The van der Waals surface area contributed by atoms with Gasteiger partial charge >= 0.3 is 5.97 Å². The number of hydrogen-bond acceptors (Lipinski definition) is 23. The molecule has 6 aliphatic rings. The molecule has 24 nitrogen and oxygen atoms in total. The zero-order valence-electron chi connectivity index (χ0n) is 84.4. The second-order valence-electron chi connectivity index (χ2n) is 44.4. The highest BCUT2D eigenvalue weighted by atomic mass is 35.6. The lowest BCUT2D eigenvalue weighted by molar-refractivity contribution is -0.357. The molecule has 130 heavy (non-hydrogen) atoms. The van der Waals surface area contributed by atoms with Crippen molar-refractivity contribution in [3.05, 3.63) is 108 Å². The monoisotopic (exact) mass is 1950 g/mol. The quantitative estimate of drug-likeness (QED) is 0.0176. The van der Waals surface area contributed by atoms with Gasteiger partial charge in [-0.2, -0.15) is 0 Å². The fourth-order valence-electron chi connectivity index (χ4n) is 16.7. The average molecular weight is 1950 g/mol. The molecule has 31 heteroatoms. The van der Waals surface area contributed by atoms with E-state index in [0.29, 0.717) is 39.3 Å². The fourth-order valence-corrected chi connectivity index (χ4v) is 22.0. The van der Waals surface area contributed by atoms with E-state index in [1.165, 1.54) is 0 Å². The normalized spacial score (nSPS) is 31.2. The maximum Gasteiger partial charge on any atom is 0.308 e. The van der Waals surface area contributed by atoms with E-state index in [9.17, 15) is 0 Å². The summed E-state index contributed by atoms with van der Waals surface area (Å²) in [4.78, 5) is 30.8. The highest BCUT2D eigenvalue weighted by Gasteiger charge is 2.61. The van der Waals surface area contributed by atoms with E-state index in [0.717, 1.165) is 23.1 Å². The summed E-state index contributed by atoms with van der Waals surface area (Å²) in [5, 5.41) is 11.7. The smallest absolute Gasteiger partial charge is 0.308 e. The maximum absolute atomic E-state index is 15.4. The molecule has 6 fully saturated rings. The van der Waals surface area contributed by atoms with Crippen LogP contribution in [0.2, 0.25) is 72.5 Å². The van der Waals surface area contributed by atoms with Gasteiger partial charge in [0.15, 0.2) is 64.2 Å². The van der Waals surface area contributed by atoms with Crippen molar-refractivity contribution in [2.75, 3.05) is 19.8 Å². The van der Waals surface area contributed by atoms with Crippen molar-refractivity contribution in [3.8, 4) is 0 Å². The number of amides is 1. The van der Waals surface area contributed by atoms with Gasteiger partial charge in [-0.3, -0.25) is 15.0 Å². The van der Waals surface area contributed by atoms with Gasteiger partial charge in [0, 0.05) is 30.1 Å². The topological polar surface area (TPSA) is 255 Å². The Morgan fingerprint density at radius 2 is 0.931 bits per heavy atom. The second-order valence-corrected chi connectivity index (χ2v) is 65.8. The molecular formula is C99H165Cl3N2O22Si4. The van der Waals surface area contributed by atoms with Crippen LogP contribution in [0.25, 0.3) is 0 Å². The van der Waals surface area contributed by atoms with Crippen molar-refractivity contribution in [1.82, 2.24) is 5.32 Å². The third-order valence-corrected chi connectivity index (χ3v) is 48.2. The Labute approximate surface area is 799 Å². The highest BCUT2D eigenvalue weighted by molar-refractivity contribution is 6.76. The molecule has 740 valence electrons. The molecule has 0 aromatic heterocycles. The molecule has 0 spiro atoms. The van der Waals surface area contributed by atoms with Crippen molar-refractivity contribution in [2.24, 2.45) is 35.5 Å². The first-order chi connectivity index (χ1) is 60.2. The van der Waals surface area contributed by atoms with Crippen molar-refractivity contribution in [3.63, 3.8) is 0 Å². The number of benzene rings is 3. The highest BCUT2D eigenvalue weighted by Crippen LogP contribution is 2.49. The van der Waals surface area contributed by atoms with Crippen LogP contribution in [-0.4, -0.2) is 216 Å². The number of carbonyl (C=O) groups is 2. The molecule has 6 saturated heterocycles. The van der Waals surface area contributed by atoms with Gasteiger partial charge < -0.3 is 98.8 Å². The van der Waals surface area contributed by atoms with Crippen LogP contribution in [0.15, 0.2) is 91.0 Å². The molecule has 0 saturated carbocycles. The van der Waals surface area contributed by atoms with Gasteiger partial charge in [-0.1, -0.05) is 277 Å². The van der Waals surface area contributed by atoms with Crippen molar-refractivity contribution in [2.45, 2.75) is 442 Å². The van der Waals surface area contributed by atoms with Crippen molar-refractivity contribution >= 4 is 85.8 Å². The van der Waals surface area contributed by atoms with Crippen LogP contribution < -0.4 is 5.32 Å². The third-order valence-electron chi connectivity index (χ3n) is 29.6. The molecular weight excluding hydrogens is 1790 g/mol. The Morgan fingerprint density at radius 1 is 0.500 bits per heavy atom. The largest absolute Gasteiger partial charge is 0.462 e. The fraction of sp³-hybridized carbons (Fsp3) is 0.788. The van der Waals surface area contributed by atoms with Gasteiger partial charge in [0.2, 0.25) is 18.1 Å². The minimum absolute atomic E-state index is 0.00714. The number of ether oxygens (including phenoxy) is 16. The molecule has 2 N–H and O–H groups in total. The Bertz CT molecular complexity index is 3980. The summed E-state index contributed by atoms with van der Waals surface area (Å²) in [6.45, 7) is 70.2. The van der Waals surface area contributed by atoms with Gasteiger partial charge in [0.1, 0.15) is 48.8 Å².